The molecule has 2 heteroatoms. The van der Waals surface area contributed by atoms with Crippen LogP contribution in [0.25, 0.3) is 6.08 Å². The first-order valence-corrected chi connectivity index (χ1v) is 5.65. The second-order valence-corrected chi connectivity index (χ2v) is 3.83. The average molecular weight is 204 g/mol. The van der Waals surface area contributed by atoms with Gasteiger partial charge in [-0.25, -0.2) is 0 Å². The third-order valence-corrected chi connectivity index (χ3v) is 2.36. The lowest BCUT2D eigenvalue weighted by Crippen LogP contribution is -2.18. The smallest absolute Gasteiger partial charge is 0.0340 e. The molecule has 1 rings (SSSR count). The SMILES string of the molecule is CCCCC(N)CC=Cc1cccnc1. The lowest BCUT2D eigenvalue weighted by Gasteiger charge is -2.06. The fourth-order valence-corrected chi connectivity index (χ4v) is 1.44. The van der Waals surface area contributed by atoms with Gasteiger partial charge in [-0.05, 0) is 24.5 Å². The van der Waals surface area contributed by atoms with Crippen molar-refractivity contribution in [3.8, 4) is 0 Å². The Labute approximate surface area is 92.2 Å². The molecule has 0 radical (unpaired) electrons. The maximum absolute atomic E-state index is 5.96. The van der Waals surface area contributed by atoms with Crippen molar-refractivity contribution >= 4 is 6.08 Å². The van der Waals surface area contributed by atoms with Crippen LogP contribution in [0.4, 0.5) is 0 Å². The number of hydrogen-bond acceptors (Lipinski definition) is 2. The predicted molar refractivity (Wildman–Crippen MR) is 65.4 cm³/mol. The van der Waals surface area contributed by atoms with Gasteiger partial charge in [0.2, 0.25) is 0 Å². The Morgan fingerprint density at radius 1 is 1.53 bits per heavy atom. The summed E-state index contributed by atoms with van der Waals surface area (Å²) in [5.74, 6) is 0. The second-order valence-electron chi connectivity index (χ2n) is 3.83. The van der Waals surface area contributed by atoms with E-state index in [9.17, 15) is 0 Å². The predicted octanol–water partition coefficient (Wildman–Crippen LogP) is 3.00. The summed E-state index contributed by atoms with van der Waals surface area (Å²) < 4.78 is 0. The summed E-state index contributed by atoms with van der Waals surface area (Å²) >= 11 is 0. The number of nitrogens with zero attached hydrogens (tertiary/aromatic N) is 1. The first-order chi connectivity index (χ1) is 7.33. The molecule has 1 unspecified atom stereocenters. The second kappa shape index (κ2) is 7.18. The summed E-state index contributed by atoms with van der Waals surface area (Å²) in [4.78, 5) is 4.05. The summed E-state index contributed by atoms with van der Waals surface area (Å²) in [5.41, 5.74) is 7.10. The molecule has 0 saturated heterocycles. The van der Waals surface area contributed by atoms with E-state index in [0.717, 1.165) is 18.4 Å². The van der Waals surface area contributed by atoms with E-state index < -0.39 is 0 Å². The van der Waals surface area contributed by atoms with Crippen LogP contribution in [0.15, 0.2) is 30.6 Å². The monoisotopic (exact) mass is 204 g/mol. The lowest BCUT2D eigenvalue weighted by molar-refractivity contribution is 0.582. The molecule has 2 N–H and O–H groups in total. The van der Waals surface area contributed by atoms with Crippen molar-refractivity contribution in [2.24, 2.45) is 5.73 Å². The highest BCUT2D eigenvalue weighted by atomic mass is 14.6. The Morgan fingerprint density at radius 3 is 3.07 bits per heavy atom. The van der Waals surface area contributed by atoms with Gasteiger partial charge in [-0.1, -0.05) is 38.0 Å². The van der Waals surface area contributed by atoms with Crippen molar-refractivity contribution in [1.82, 2.24) is 4.98 Å². The van der Waals surface area contributed by atoms with Gasteiger partial charge in [0, 0.05) is 18.4 Å². The van der Waals surface area contributed by atoms with E-state index in [1.165, 1.54) is 12.8 Å². The van der Waals surface area contributed by atoms with Gasteiger partial charge in [0.1, 0.15) is 0 Å². The zero-order chi connectivity index (χ0) is 10.9. The van der Waals surface area contributed by atoms with Crippen LogP contribution in [0.2, 0.25) is 0 Å². The van der Waals surface area contributed by atoms with Crippen molar-refractivity contribution in [3.05, 3.63) is 36.2 Å². The Morgan fingerprint density at radius 2 is 2.40 bits per heavy atom. The van der Waals surface area contributed by atoms with Crippen molar-refractivity contribution in [1.29, 1.82) is 0 Å². The molecule has 1 aromatic heterocycles. The van der Waals surface area contributed by atoms with Crippen molar-refractivity contribution in [3.63, 3.8) is 0 Å². The normalized spacial score (nSPS) is 13.2. The molecule has 1 aromatic rings. The Bertz CT molecular complexity index is 280. The van der Waals surface area contributed by atoms with E-state index in [1.54, 1.807) is 6.20 Å². The summed E-state index contributed by atoms with van der Waals surface area (Å²) in [6, 6.07) is 4.29. The van der Waals surface area contributed by atoms with Gasteiger partial charge in [0.05, 0.1) is 0 Å². The number of pyridine rings is 1. The topological polar surface area (TPSA) is 38.9 Å². The standard InChI is InChI=1S/C13H20N2/c1-2-3-8-13(14)9-4-6-12-7-5-10-15-11-12/h4-7,10-11,13H,2-3,8-9,14H2,1H3. The summed E-state index contributed by atoms with van der Waals surface area (Å²) in [6.07, 6.45) is 12.4. The zero-order valence-electron chi connectivity index (χ0n) is 9.39. The number of unbranched alkanes of at least 4 members (excludes halogenated alkanes) is 1. The molecule has 0 aliphatic carbocycles. The molecule has 0 aliphatic heterocycles. The molecule has 0 aliphatic rings. The molecular formula is C13H20N2. The van der Waals surface area contributed by atoms with Gasteiger partial charge >= 0.3 is 0 Å². The fraction of sp³-hybridized carbons (Fsp3) is 0.462. The molecule has 15 heavy (non-hydrogen) atoms. The maximum atomic E-state index is 5.96. The van der Waals surface area contributed by atoms with Crippen LogP contribution >= 0.6 is 0 Å². The van der Waals surface area contributed by atoms with Gasteiger partial charge < -0.3 is 5.73 Å². The molecule has 0 saturated carbocycles. The molecule has 2 nitrogen and oxygen atoms in total. The molecule has 0 amide bonds. The van der Waals surface area contributed by atoms with Crippen LogP contribution in [0, 0.1) is 0 Å². The van der Waals surface area contributed by atoms with Crippen LogP contribution < -0.4 is 5.73 Å². The van der Waals surface area contributed by atoms with Crippen molar-refractivity contribution in [2.75, 3.05) is 0 Å². The van der Waals surface area contributed by atoms with E-state index in [0.29, 0.717) is 6.04 Å². The molecule has 0 bridgehead atoms. The molecule has 1 heterocycles. The van der Waals surface area contributed by atoms with Crippen LogP contribution in [-0.2, 0) is 0 Å². The Kier molecular flexibility index (Phi) is 5.71. The molecule has 0 spiro atoms. The fourth-order valence-electron chi connectivity index (χ4n) is 1.44. The van der Waals surface area contributed by atoms with E-state index in [4.69, 9.17) is 5.73 Å². The summed E-state index contributed by atoms with van der Waals surface area (Å²) in [5, 5.41) is 0. The first kappa shape index (κ1) is 11.9. The van der Waals surface area contributed by atoms with Crippen LogP contribution in [0.3, 0.4) is 0 Å². The Hall–Kier alpha value is -1.15. The van der Waals surface area contributed by atoms with Crippen LogP contribution in [0.5, 0.6) is 0 Å². The minimum atomic E-state index is 0.304. The van der Waals surface area contributed by atoms with E-state index >= 15 is 0 Å². The minimum absolute atomic E-state index is 0.304. The van der Waals surface area contributed by atoms with Crippen LogP contribution in [0.1, 0.15) is 38.2 Å². The van der Waals surface area contributed by atoms with Gasteiger partial charge in [-0.15, -0.1) is 0 Å². The van der Waals surface area contributed by atoms with E-state index in [-0.39, 0.29) is 0 Å². The van der Waals surface area contributed by atoms with Gasteiger partial charge in [-0.3, -0.25) is 4.98 Å². The number of aromatic nitrogens is 1. The van der Waals surface area contributed by atoms with Gasteiger partial charge in [0.15, 0.2) is 0 Å². The minimum Gasteiger partial charge on any atom is -0.327 e. The van der Waals surface area contributed by atoms with E-state index in [2.05, 4.69) is 24.1 Å². The molecule has 82 valence electrons. The largest absolute Gasteiger partial charge is 0.327 e. The highest BCUT2D eigenvalue weighted by Gasteiger charge is 1.97. The summed E-state index contributed by atoms with van der Waals surface area (Å²) in [6.45, 7) is 2.19. The van der Waals surface area contributed by atoms with Crippen LogP contribution in [-0.4, -0.2) is 11.0 Å². The quantitative estimate of drug-likeness (QED) is 0.773. The zero-order valence-corrected chi connectivity index (χ0v) is 9.39. The lowest BCUT2D eigenvalue weighted by atomic mass is 10.1. The summed E-state index contributed by atoms with van der Waals surface area (Å²) in [7, 11) is 0. The third-order valence-electron chi connectivity index (χ3n) is 2.36. The molecule has 0 aromatic carbocycles. The average Bonchev–Trinajstić information content (AvgIpc) is 2.28. The highest BCUT2D eigenvalue weighted by Crippen LogP contribution is 2.05. The first-order valence-electron chi connectivity index (χ1n) is 5.65. The molecule has 0 fully saturated rings. The van der Waals surface area contributed by atoms with Gasteiger partial charge in [-0.2, -0.15) is 0 Å². The third kappa shape index (κ3) is 5.33. The molecule has 1 atom stereocenters. The number of nitrogens with two attached hydrogens (primary N) is 1. The van der Waals surface area contributed by atoms with Crippen molar-refractivity contribution < 1.29 is 0 Å². The highest BCUT2D eigenvalue weighted by molar-refractivity contribution is 5.47. The van der Waals surface area contributed by atoms with Crippen molar-refractivity contribution in [2.45, 2.75) is 38.6 Å². The molecular weight excluding hydrogens is 184 g/mol. The maximum Gasteiger partial charge on any atom is 0.0340 e. The Balaban J connectivity index is 2.27. The van der Waals surface area contributed by atoms with E-state index in [1.807, 2.05) is 18.3 Å². The van der Waals surface area contributed by atoms with Gasteiger partial charge in [0.25, 0.3) is 0 Å². The number of hydrogen-bond donors (Lipinski definition) is 1. The number of rotatable bonds is 6.